The molecule has 5 nitrogen and oxygen atoms in total. The fourth-order valence-corrected chi connectivity index (χ4v) is 8.09. The quantitative estimate of drug-likeness (QED) is 0.531. The maximum atomic E-state index is 15.1. The van der Waals surface area contributed by atoms with Crippen LogP contribution in [0.1, 0.15) is 35.4 Å². The molecule has 0 saturated carbocycles. The largest absolute Gasteiger partial charge is 0.324 e. The molecule has 4 aliphatic heterocycles. The van der Waals surface area contributed by atoms with Crippen molar-refractivity contribution in [3.8, 4) is 0 Å². The smallest absolute Gasteiger partial charge is 0.250 e. The number of carbonyl (C=O) groups is 2. The van der Waals surface area contributed by atoms with Crippen molar-refractivity contribution in [3.05, 3.63) is 107 Å². The van der Waals surface area contributed by atoms with Crippen molar-refractivity contribution in [3.63, 3.8) is 0 Å². The van der Waals surface area contributed by atoms with Gasteiger partial charge in [0.15, 0.2) is 5.78 Å². The van der Waals surface area contributed by atoms with Crippen LogP contribution in [-0.4, -0.2) is 54.2 Å². The summed E-state index contributed by atoms with van der Waals surface area (Å²) in [6.45, 7) is 1.92. The van der Waals surface area contributed by atoms with Gasteiger partial charge >= 0.3 is 0 Å². The van der Waals surface area contributed by atoms with Crippen LogP contribution >= 0.6 is 0 Å². The molecule has 7 rings (SSSR count). The number of nitrogens with zero attached hydrogens (tertiary/aromatic N) is 2. The maximum absolute atomic E-state index is 15.1. The fraction of sp³-hybridized carbons (Fsp3) is 0.312. The SMILES string of the molecule is CN1C/C(=C\c2ccccc2)C(=O)[C@]2(C1)[C@@H](c1ccccc1)[C@@H]1CCCN1[C@@]21C(=O)Nc2ccccc21. The summed E-state index contributed by atoms with van der Waals surface area (Å²) in [6, 6.07) is 28.7. The van der Waals surface area contributed by atoms with Crippen LogP contribution < -0.4 is 5.32 Å². The lowest BCUT2D eigenvalue weighted by Crippen LogP contribution is -2.65. The second-order valence-electron chi connectivity index (χ2n) is 11.1. The summed E-state index contributed by atoms with van der Waals surface area (Å²) in [7, 11) is 2.09. The van der Waals surface area contributed by atoms with Gasteiger partial charge in [-0.15, -0.1) is 0 Å². The Morgan fingerprint density at radius 1 is 0.919 bits per heavy atom. The lowest BCUT2D eigenvalue weighted by atomic mass is 9.55. The maximum Gasteiger partial charge on any atom is 0.250 e. The number of para-hydroxylation sites is 1. The Morgan fingerprint density at radius 3 is 2.41 bits per heavy atom. The number of hydrogen-bond acceptors (Lipinski definition) is 4. The highest BCUT2D eigenvalue weighted by Gasteiger charge is 2.78. The number of anilines is 1. The zero-order valence-corrected chi connectivity index (χ0v) is 21.1. The highest BCUT2D eigenvalue weighted by atomic mass is 16.2. The number of likely N-dealkylation sites (tertiary alicyclic amines) is 1. The summed E-state index contributed by atoms with van der Waals surface area (Å²) in [5.74, 6) is -0.0335. The molecule has 1 N–H and O–H groups in total. The lowest BCUT2D eigenvalue weighted by Gasteiger charge is -2.51. The zero-order chi connectivity index (χ0) is 25.2. The molecule has 5 heteroatoms. The Balaban J connectivity index is 1.54. The normalized spacial score (nSPS) is 32.3. The van der Waals surface area contributed by atoms with Crippen LogP contribution in [0.2, 0.25) is 0 Å². The molecule has 4 atom stereocenters. The predicted molar refractivity (Wildman–Crippen MR) is 145 cm³/mol. The van der Waals surface area contributed by atoms with Crippen LogP contribution in [0.4, 0.5) is 5.69 Å². The second kappa shape index (κ2) is 8.23. The van der Waals surface area contributed by atoms with E-state index in [-0.39, 0.29) is 23.7 Å². The number of likely N-dealkylation sites (N-methyl/N-ethyl adjacent to an activating group) is 1. The minimum atomic E-state index is -1.05. The van der Waals surface area contributed by atoms with Crippen molar-refractivity contribution >= 4 is 23.5 Å². The Labute approximate surface area is 217 Å². The first-order valence-electron chi connectivity index (χ1n) is 13.3. The minimum Gasteiger partial charge on any atom is -0.324 e. The summed E-state index contributed by atoms with van der Waals surface area (Å²) in [6.07, 6.45) is 4.04. The summed E-state index contributed by atoms with van der Waals surface area (Å²) in [5, 5.41) is 3.22. The van der Waals surface area contributed by atoms with E-state index >= 15 is 4.79 Å². The number of nitrogens with one attached hydrogen (secondary N) is 1. The molecular formula is C32H31N3O2. The van der Waals surface area contributed by atoms with Gasteiger partial charge in [-0.2, -0.15) is 0 Å². The average Bonchev–Trinajstić information content (AvgIpc) is 3.56. The molecule has 4 heterocycles. The number of piperidine rings is 1. The molecule has 37 heavy (non-hydrogen) atoms. The van der Waals surface area contributed by atoms with Gasteiger partial charge in [-0.3, -0.25) is 14.5 Å². The molecule has 3 fully saturated rings. The van der Waals surface area contributed by atoms with Gasteiger partial charge in [0.05, 0.1) is 5.41 Å². The zero-order valence-electron chi connectivity index (χ0n) is 21.1. The van der Waals surface area contributed by atoms with Crippen molar-refractivity contribution in [2.75, 3.05) is 32.0 Å². The Morgan fingerprint density at radius 2 is 1.62 bits per heavy atom. The van der Waals surface area contributed by atoms with Crippen molar-refractivity contribution in [1.82, 2.24) is 9.80 Å². The molecule has 3 aromatic carbocycles. The van der Waals surface area contributed by atoms with Crippen LogP contribution in [0.5, 0.6) is 0 Å². The molecule has 1 amide bonds. The Kier molecular flexibility index (Phi) is 5.04. The van der Waals surface area contributed by atoms with Crippen molar-refractivity contribution < 1.29 is 9.59 Å². The van der Waals surface area contributed by atoms with Crippen LogP contribution in [0.25, 0.3) is 6.08 Å². The number of amides is 1. The predicted octanol–water partition coefficient (Wildman–Crippen LogP) is 4.68. The molecular weight excluding hydrogens is 458 g/mol. The van der Waals surface area contributed by atoms with E-state index in [4.69, 9.17) is 0 Å². The van der Waals surface area contributed by atoms with Crippen LogP contribution in [0.15, 0.2) is 90.5 Å². The van der Waals surface area contributed by atoms with E-state index in [0.717, 1.165) is 47.3 Å². The Bertz CT molecular complexity index is 1420. The summed E-state index contributed by atoms with van der Waals surface area (Å²) >= 11 is 0. The number of fused-ring (bicyclic) bond motifs is 5. The highest BCUT2D eigenvalue weighted by Crippen LogP contribution is 2.68. The molecule has 186 valence electrons. The number of carbonyl (C=O) groups excluding carboxylic acids is 2. The van der Waals surface area contributed by atoms with Crippen molar-refractivity contribution in [2.24, 2.45) is 5.41 Å². The number of ketones is 1. The van der Waals surface area contributed by atoms with E-state index in [9.17, 15) is 4.79 Å². The van der Waals surface area contributed by atoms with E-state index in [2.05, 4.69) is 52.5 Å². The molecule has 4 aliphatic rings. The molecule has 0 bridgehead atoms. The van der Waals surface area contributed by atoms with Gasteiger partial charge < -0.3 is 10.2 Å². The van der Waals surface area contributed by atoms with Crippen LogP contribution in [0, 0.1) is 5.41 Å². The topological polar surface area (TPSA) is 52.7 Å². The number of rotatable bonds is 2. The summed E-state index contributed by atoms with van der Waals surface area (Å²) < 4.78 is 0. The molecule has 3 aromatic rings. The molecule has 0 aromatic heterocycles. The third kappa shape index (κ3) is 2.93. The third-order valence-corrected chi connectivity index (χ3v) is 9.14. The molecule has 2 spiro atoms. The van der Waals surface area contributed by atoms with Gasteiger partial charge in [-0.1, -0.05) is 78.9 Å². The number of benzene rings is 3. The standard InChI is InChI=1S/C32H31N3O2/c1-34-20-24(19-22-11-4-2-5-12-22)29(36)31(21-34)28(23-13-6-3-7-14-23)27-17-10-18-35(27)32(31)25-15-8-9-16-26(25)33-30(32)37/h2-9,11-16,19,27-28H,10,17-18,20-21H2,1H3,(H,33,37)/b24-19+/t27-,28-,31-,32-/m0/s1. The van der Waals surface area contributed by atoms with E-state index in [1.54, 1.807) is 0 Å². The first-order valence-corrected chi connectivity index (χ1v) is 13.3. The first-order chi connectivity index (χ1) is 18.1. The van der Waals surface area contributed by atoms with Crippen LogP contribution in [-0.2, 0) is 15.1 Å². The average molecular weight is 490 g/mol. The molecule has 0 radical (unpaired) electrons. The van der Waals surface area contributed by atoms with Crippen molar-refractivity contribution in [2.45, 2.75) is 30.3 Å². The fourth-order valence-electron chi connectivity index (χ4n) is 8.09. The Hall–Kier alpha value is -3.54. The van der Waals surface area contributed by atoms with Gasteiger partial charge in [-0.05, 0) is 49.7 Å². The van der Waals surface area contributed by atoms with Crippen molar-refractivity contribution in [1.29, 1.82) is 0 Å². The molecule has 0 unspecified atom stereocenters. The third-order valence-electron chi connectivity index (χ3n) is 9.14. The number of Topliss-reactive ketones (excluding diaryl/α,β-unsaturated/α-hetero) is 1. The minimum absolute atomic E-state index is 0.0539. The van der Waals surface area contributed by atoms with Gasteiger partial charge in [-0.25, -0.2) is 0 Å². The second-order valence-corrected chi connectivity index (χ2v) is 11.1. The monoisotopic (exact) mass is 489 g/mol. The first kappa shape index (κ1) is 22.6. The summed E-state index contributed by atoms with van der Waals surface area (Å²) in [4.78, 5) is 34.2. The number of hydrogen-bond donors (Lipinski definition) is 1. The van der Waals surface area contributed by atoms with E-state index in [0.29, 0.717) is 13.1 Å². The van der Waals surface area contributed by atoms with Gasteiger partial charge in [0.1, 0.15) is 5.54 Å². The van der Waals surface area contributed by atoms with Gasteiger partial charge in [0, 0.05) is 41.9 Å². The highest BCUT2D eigenvalue weighted by molar-refractivity contribution is 6.16. The lowest BCUT2D eigenvalue weighted by molar-refractivity contribution is -0.147. The van der Waals surface area contributed by atoms with E-state index in [1.165, 1.54) is 0 Å². The van der Waals surface area contributed by atoms with Crippen LogP contribution in [0.3, 0.4) is 0 Å². The summed E-state index contributed by atoms with van der Waals surface area (Å²) in [5.41, 5.74) is 2.72. The molecule has 3 saturated heterocycles. The molecule has 0 aliphatic carbocycles. The van der Waals surface area contributed by atoms with E-state index < -0.39 is 11.0 Å². The van der Waals surface area contributed by atoms with E-state index in [1.807, 2.05) is 60.7 Å². The van der Waals surface area contributed by atoms with Gasteiger partial charge in [0.2, 0.25) is 0 Å². The van der Waals surface area contributed by atoms with Gasteiger partial charge in [0.25, 0.3) is 5.91 Å².